The molecule has 0 fully saturated rings. The lowest BCUT2D eigenvalue weighted by Crippen LogP contribution is -2.44. The van der Waals surface area contributed by atoms with E-state index in [2.05, 4.69) is 5.32 Å². The maximum absolute atomic E-state index is 12.3. The average Bonchev–Trinajstić information content (AvgIpc) is 2.76. The normalized spacial score (nSPS) is 13.2. The molecule has 0 bridgehead atoms. The second-order valence-electron chi connectivity index (χ2n) is 6.55. The van der Waals surface area contributed by atoms with E-state index in [1.54, 1.807) is 24.3 Å². The standard InChI is InChI=1S/C22H20ClNO6/c1-28-22(27)18(9-14-5-3-2-4-6-14)24-20(25)13-30-21(26)16-10-15-11-17(23)7-8-19(15)29-12-16/h2-8,10-11,18H,9,12-13H2,1H3,(H,24,25). The highest BCUT2D eigenvalue weighted by Gasteiger charge is 2.24. The van der Waals surface area contributed by atoms with Gasteiger partial charge >= 0.3 is 11.9 Å². The Balaban J connectivity index is 1.57. The van der Waals surface area contributed by atoms with Crippen molar-refractivity contribution in [3.8, 4) is 5.75 Å². The van der Waals surface area contributed by atoms with Crippen LogP contribution in [0.1, 0.15) is 11.1 Å². The van der Waals surface area contributed by atoms with E-state index in [0.717, 1.165) is 5.56 Å². The summed E-state index contributed by atoms with van der Waals surface area (Å²) in [5.41, 5.74) is 1.76. The molecule has 0 spiro atoms. The molecule has 1 amide bonds. The lowest BCUT2D eigenvalue weighted by atomic mass is 10.1. The number of carbonyl (C=O) groups is 3. The van der Waals surface area contributed by atoms with Crippen molar-refractivity contribution in [2.24, 2.45) is 0 Å². The van der Waals surface area contributed by atoms with Gasteiger partial charge < -0.3 is 19.5 Å². The van der Waals surface area contributed by atoms with Crippen molar-refractivity contribution in [3.63, 3.8) is 0 Å². The molecule has 1 aliphatic rings. The quantitative estimate of drug-likeness (QED) is 0.680. The SMILES string of the molecule is COC(=O)C(Cc1ccccc1)NC(=O)COC(=O)C1=Cc2cc(Cl)ccc2OC1. The van der Waals surface area contributed by atoms with E-state index in [4.69, 9.17) is 25.8 Å². The van der Waals surface area contributed by atoms with Gasteiger partial charge in [0.25, 0.3) is 5.91 Å². The molecular weight excluding hydrogens is 410 g/mol. The minimum Gasteiger partial charge on any atom is -0.488 e. The zero-order valence-corrected chi connectivity index (χ0v) is 17.0. The molecule has 30 heavy (non-hydrogen) atoms. The maximum Gasteiger partial charge on any atom is 0.338 e. The van der Waals surface area contributed by atoms with Crippen LogP contribution in [0.4, 0.5) is 0 Å². The minimum absolute atomic E-state index is 0.0217. The van der Waals surface area contributed by atoms with Crippen LogP contribution in [0.25, 0.3) is 6.08 Å². The Labute approximate surface area is 178 Å². The molecule has 8 heteroatoms. The summed E-state index contributed by atoms with van der Waals surface area (Å²) in [5.74, 6) is -1.28. The first-order valence-electron chi connectivity index (χ1n) is 9.17. The Morgan fingerprint density at radius 2 is 1.93 bits per heavy atom. The van der Waals surface area contributed by atoms with Crippen LogP contribution in [-0.4, -0.2) is 44.2 Å². The highest BCUT2D eigenvalue weighted by atomic mass is 35.5. The number of carbonyl (C=O) groups excluding carboxylic acids is 3. The molecule has 156 valence electrons. The molecule has 2 aromatic carbocycles. The van der Waals surface area contributed by atoms with Crippen molar-refractivity contribution < 1.29 is 28.6 Å². The molecule has 0 aliphatic carbocycles. The fourth-order valence-electron chi connectivity index (χ4n) is 2.91. The van der Waals surface area contributed by atoms with Gasteiger partial charge in [0.15, 0.2) is 6.61 Å². The van der Waals surface area contributed by atoms with E-state index in [0.29, 0.717) is 16.3 Å². The fourth-order valence-corrected chi connectivity index (χ4v) is 3.09. The fraction of sp³-hybridized carbons (Fsp3) is 0.227. The zero-order valence-electron chi connectivity index (χ0n) is 16.2. The molecule has 1 N–H and O–H groups in total. The topological polar surface area (TPSA) is 90.9 Å². The first-order chi connectivity index (χ1) is 14.5. The summed E-state index contributed by atoms with van der Waals surface area (Å²) in [5, 5.41) is 3.05. The van der Waals surface area contributed by atoms with Crippen LogP contribution in [0.15, 0.2) is 54.1 Å². The van der Waals surface area contributed by atoms with Gasteiger partial charge in [-0.2, -0.15) is 0 Å². The van der Waals surface area contributed by atoms with E-state index in [1.165, 1.54) is 7.11 Å². The van der Waals surface area contributed by atoms with Crippen molar-refractivity contribution in [3.05, 3.63) is 70.3 Å². The number of hydrogen-bond acceptors (Lipinski definition) is 6. The Hall–Kier alpha value is -3.32. The van der Waals surface area contributed by atoms with Crippen LogP contribution >= 0.6 is 11.6 Å². The summed E-state index contributed by atoms with van der Waals surface area (Å²) >= 11 is 5.96. The predicted molar refractivity (Wildman–Crippen MR) is 110 cm³/mol. The van der Waals surface area contributed by atoms with Gasteiger partial charge in [-0.3, -0.25) is 4.79 Å². The van der Waals surface area contributed by atoms with Gasteiger partial charge in [0.05, 0.1) is 12.7 Å². The van der Waals surface area contributed by atoms with Crippen LogP contribution in [0, 0.1) is 0 Å². The summed E-state index contributed by atoms with van der Waals surface area (Å²) in [6.45, 7) is -0.519. The molecule has 1 aliphatic heterocycles. The number of benzene rings is 2. The monoisotopic (exact) mass is 429 g/mol. The average molecular weight is 430 g/mol. The first-order valence-corrected chi connectivity index (χ1v) is 9.55. The molecule has 3 rings (SSSR count). The van der Waals surface area contributed by atoms with Crippen molar-refractivity contribution in [2.75, 3.05) is 20.3 Å². The molecule has 7 nitrogen and oxygen atoms in total. The highest BCUT2D eigenvalue weighted by molar-refractivity contribution is 6.30. The van der Waals surface area contributed by atoms with E-state index < -0.39 is 30.5 Å². The largest absolute Gasteiger partial charge is 0.488 e. The molecular formula is C22H20ClNO6. The third kappa shape index (κ3) is 5.61. The Bertz CT molecular complexity index is 973. The minimum atomic E-state index is -0.894. The van der Waals surface area contributed by atoms with E-state index in [-0.39, 0.29) is 18.6 Å². The smallest absolute Gasteiger partial charge is 0.338 e. The van der Waals surface area contributed by atoms with Gasteiger partial charge in [0.1, 0.15) is 18.4 Å². The molecule has 1 heterocycles. The predicted octanol–water partition coefficient (Wildman–Crippen LogP) is 2.56. The molecule has 0 saturated heterocycles. The van der Waals surface area contributed by atoms with Gasteiger partial charge in [0, 0.05) is 17.0 Å². The molecule has 1 unspecified atom stereocenters. The van der Waals surface area contributed by atoms with Crippen LogP contribution in [-0.2, 0) is 30.3 Å². The van der Waals surface area contributed by atoms with E-state index >= 15 is 0 Å². The van der Waals surface area contributed by atoms with Crippen LogP contribution in [0.2, 0.25) is 5.02 Å². The number of amides is 1. The van der Waals surface area contributed by atoms with Crippen molar-refractivity contribution in [2.45, 2.75) is 12.5 Å². The summed E-state index contributed by atoms with van der Waals surface area (Å²) in [6.07, 6.45) is 1.86. The number of rotatable bonds is 7. The Morgan fingerprint density at radius 1 is 1.17 bits per heavy atom. The molecule has 2 aromatic rings. The van der Waals surface area contributed by atoms with Gasteiger partial charge in [-0.15, -0.1) is 0 Å². The van der Waals surface area contributed by atoms with Crippen LogP contribution < -0.4 is 10.1 Å². The van der Waals surface area contributed by atoms with Gasteiger partial charge in [-0.05, 0) is 29.8 Å². The van der Waals surface area contributed by atoms with Gasteiger partial charge in [-0.25, -0.2) is 9.59 Å². The Morgan fingerprint density at radius 3 is 2.67 bits per heavy atom. The van der Waals surface area contributed by atoms with Crippen molar-refractivity contribution in [1.82, 2.24) is 5.32 Å². The number of halogens is 1. The molecule has 0 saturated carbocycles. The summed E-state index contributed by atoms with van der Waals surface area (Å²) < 4.78 is 15.3. The summed E-state index contributed by atoms with van der Waals surface area (Å²) in [4.78, 5) is 36.5. The Kier molecular flexibility index (Phi) is 7.08. The van der Waals surface area contributed by atoms with E-state index in [1.807, 2.05) is 30.3 Å². The van der Waals surface area contributed by atoms with Crippen molar-refractivity contribution >= 4 is 35.5 Å². The van der Waals surface area contributed by atoms with Crippen LogP contribution in [0.3, 0.4) is 0 Å². The number of hydrogen-bond donors (Lipinski definition) is 1. The first kappa shape index (κ1) is 21.4. The van der Waals surface area contributed by atoms with Gasteiger partial charge in [0.2, 0.25) is 0 Å². The molecule has 1 atom stereocenters. The molecule has 0 radical (unpaired) electrons. The zero-order chi connectivity index (χ0) is 21.5. The number of fused-ring (bicyclic) bond motifs is 1. The van der Waals surface area contributed by atoms with Crippen LogP contribution in [0.5, 0.6) is 5.75 Å². The maximum atomic E-state index is 12.3. The number of nitrogens with one attached hydrogen (secondary N) is 1. The second-order valence-corrected chi connectivity index (χ2v) is 6.99. The van der Waals surface area contributed by atoms with E-state index in [9.17, 15) is 14.4 Å². The third-order valence-electron chi connectivity index (χ3n) is 4.38. The second kappa shape index (κ2) is 9.93. The number of methoxy groups -OCH3 is 1. The summed E-state index contributed by atoms with van der Waals surface area (Å²) in [6, 6.07) is 13.4. The molecule has 0 aromatic heterocycles. The third-order valence-corrected chi connectivity index (χ3v) is 4.62. The number of esters is 2. The summed E-state index contributed by atoms with van der Waals surface area (Å²) in [7, 11) is 1.24. The lowest BCUT2D eigenvalue weighted by molar-refractivity contribution is -0.148. The number of ether oxygens (including phenoxy) is 3. The highest BCUT2D eigenvalue weighted by Crippen LogP contribution is 2.29. The van der Waals surface area contributed by atoms with Crippen molar-refractivity contribution in [1.29, 1.82) is 0 Å². The van der Waals surface area contributed by atoms with Gasteiger partial charge in [-0.1, -0.05) is 41.9 Å². The lowest BCUT2D eigenvalue weighted by Gasteiger charge is -2.18.